The maximum absolute atomic E-state index is 4.54. The van der Waals surface area contributed by atoms with Crippen LogP contribution in [0.1, 0.15) is 20.8 Å². The number of fused-ring (bicyclic) bond motifs is 1. The number of anilines is 1. The summed E-state index contributed by atoms with van der Waals surface area (Å²) >= 11 is 3.48. The van der Waals surface area contributed by atoms with Crippen LogP contribution in [-0.4, -0.2) is 44.2 Å². The van der Waals surface area contributed by atoms with E-state index >= 15 is 0 Å². The SMILES string of the molecule is C.CCCSc1nc(NCCSC)c2[nH]cnc2n1. The van der Waals surface area contributed by atoms with Crippen LogP contribution in [0.5, 0.6) is 0 Å². The molecule has 2 aromatic rings. The summed E-state index contributed by atoms with van der Waals surface area (Å²) < 4.78 is 0. The molecule has 106 valence electrons. The summed E-state index contributed by atoms with van der Waals surface area (Å²) in [6, 6.07) is 0. The van der Waals surface area contributed by atoms with Crippen LogP contribution >= 0.6 is 23.5 Å². The van der Waals surface area contributed by atoms with E-state index in [0.29, 0.717) is 0 Å². The molecule has 0 amide bonds. The van der Waals surface area contributed by atoms with Crippen molar-refractivity contribution in [2.24, 2.45) is 0 Å². The van der Waals surface area contributed by atoms with Crippen molar-refractivity contribution < 1.29 is 0 Å². The third-order valence-electron chi connectivity index (χ3n) is 2.30. The smallest absolute Gasteiger partial charge is 0.191 e. The molecule has 0 saturated heterocycles. The van der Waals surface area contributed by atoms with Crippen LogP contribution in [-0.2, 0) is 0 Å². The van der Waals surface area contributed by atoms with Crippen molar-refractivity contribution in [1.29, 1.82) is 0 Å². The van der Waals surface area contributed by atoms with Gasteiger partial charge in [0.25, 0.3) is 0 Å². The fourth-order valence-corrected chi connectivity index (χ4v) is 2.47. The summed E-state index contributed by atoms with van der Waals surface area (Å²) in [7, 11) is 0. The molecule has 0 bridgehead atoms. The van der Waals surface area contributed by atoms with E-state index < -0.39 is 0 Å². The highest BCUT2D eigenvalue weighted by Crippen LogP contribution is 2.22. The first-order chi connectivity index (χ1) is 8.85. The van der Waals surface area contributed by atoms with Gasteiger partial charge in [0.05, 0.1) is 6.33 Å². The van der Waals surface area contributed by atoms with Crippen LogP contribution in [0.3, 0.4) is 0 Å². The Kier molecular flexibility index (Phi) is 7.01. The van der Waals surface area contributed by atoms with E-state index in [1.54, 1.807) is 18.1 Å². The van der Waals surface area contributed by atoms with Crippen molar-refractivity contribution in [1.82, 2.24) is 19.9 Å². The van der Waals surface area contributed by atoms with Gasteiger partial charge >= 0.3 is 0 Å². The highest BCUT2D eigenvalue weighted by molar-refractivity contribution is 7.99. The Morgan fingerprint density at radius 3 is 2.89 bits per heavy atom. The van der Waals surface area contributed by atoms with Gasteiger partial charge in [-0.1, -0.05) is 26.1 Å². The van der Waals surface area contributed by atoms with Crippen molar-refractivity contribution in [3.63, 3.8) is 0 Å². The summed E-state index contributed by atoms with van der Waals surface area (Å²) in [5.74, 6) is 2.93. The van der Waals surface area contributed by atoms with Gasteiger partial charge in [0.15, 0.2) is 16.6 Å². The Labute approximate surface area is 122 Å². The number of rotatable bonds is 7. The van der Waals surface area contributed by atoms with Crippen LogP contribution in [0.4, 0.5) is 5.82 Å². The van der Waals surface area contributed by atoms with Crippen molar-refractivity contribution in [2.45, 2.75) is 25.9 Å². The van der Waals surface area contributed by atoms with Gasteiger partial charge in [0.2, 0.25) is 0 Å². The second-order valence-corrected chi connectivity index (χ2v) is 5.77. The van der Waals surface area contributed by atoms with Crippen LogP contribution in [0.25, 0.3) is 11.2 Å². The summed E-state index contributed by atoms with van der Waals surface area (Å²) in [5, 5.41) is 4.13. The second kappa shape index (κ2) is 8.27. The Bertz CT molecular complexity index is 500. The predicted octanol–water partition coefficient (Wildman–Crippen LogP) is 3.27. The molecular weight excluding hydrogens is 278 g/mol. The first-order valence-electron chi connectivity index (χ1n) is 5.92. The van der Waals surface area contributed by atoms with Crippen LogP contribution in [0.15, 0.2) is 11.5 Å². The lowest BCUT2D eigenvalue weighted by atomic mass is 10.5. The fourth-order valence-electron chi connectivity index (χ4n) is 1.47. The second-order valence-electron chi connectivity index (χ2n) is 3.72. The van der Waals surface area contributed by atoms with E-state index in [-0.39, 0.29) is 7.43 Å². The Hall–Kier alpha value is -0.950. The van der Waals surface area contributed by atoms with Crippen molar-refractivity contribution in [2.75, 3.05) is 29.6 Å². The predicted molar refractivity (Wildman–Crippen MR) is 86.3 cm³/mol. The summed E-state index contributed by atoms with van der Waals surface area (Å²) in [6.07, 6.45) is 4.87. The molecule has 7 heteroatoms. The quantitative estimate of drug-likeness (QED) is 0.465. The molecule has 0 aromatic carbocycles. The zero-order chi connectivity index (χ0) is 12.8. The molecule has 0 unspecified atom stereocenters. The van der Waals surface area contributed by atoms with Gasteiger partial charge in [-0.05, 0) is 12.7 Å². The van der Waals surface area contributed by atoms with Crippen LogP contribution < -0.4 is 5.32 Å². The van der Waals surface area contributed by atoms with Crippen molar-refractivity contribution in [3.05, 3.63) is 6.33 Å². The van der Waals surface area contributed by atoms with E-state index in [0.717, 1.165) is 46.6 Å². The topological polar surface area (TPSA) is 66.5 Å². The number of H-pyrrole nitrogens is 1. The van der Waals surface area contributed by atoms with Crippen molar-refractivity contribution >= 4 is 40.5 Å². The minimum absolute atomic E-state index is 0. The van der Waals surface area contributed by atoms with Gasteiger partial charge in [-0.15, -0.1) is 0 Å². The Balaban J connectivity index is 0.00000180. The number of nitrogens with zero attached hydrogens (tertiary/aromatic N) is 3. The highest BCUT2D eigenvalue weighted by Gasteiger charge is 2.09. The van der Waals surface area contributed by atoms with Gasteiger partial charge in [-0.25, -0.2) is 15.0 Å². The summed E-state index contributed by atoms with van der Waals surface area (Å²) in [4.78, 5) is 16.3. The van der Waals surface area contributed by atoms with E-state index in [1.807, 2.05) is 11.8 Å². The number of hydrogen-bond acceptors (Lipinski definition) is 6. The zero-order valence-corrected chi connectivity index (χ0v) is 12.2. The molecule has 2 aromatic heterocycles. The monoisotopic (exact) mass is 299 g/mol. The number of hydrogen-bond donors (Lipinski definition) is 2. The minimum atomic E-state index is 0. The Morgan fingerprint density at radius 2 is 2.16 bits per heavy atom. The lowest BCUT2D eigenvalue weighted by Gasteiger charge is -2.07. The molecule has 0 fully saturated rings. The summed E-state index contributed by atoms with van der Waals surface area (Å²) in [6.45, 7) is 3.04. The molecule has 0 saturated carbocycles. The molecule has 2 rings (SSSR count). The lowest BCUT2D eigenvalue weighted by molar-refractivity contribution is 0.978. The molecule has 0 aliphatic rings. The Morgan fingerprint density at radius 1 is 1.32 bits per heavy atom. The number of thioether (sulfide) groups is 2. The normalized spacial score (nSPS) is 10.4. The fraction of sp³-hybridized carbons (Fsp3) is 0.583. The molecule has 2 N–H and O–H groups in total. The first kappa shape index (κ1) is 16.1. The van der Waals surface area contributed by atoms with E-state index in [9.17, 15) is 0 Å². The molecule has 2 heterocycles. The molecular formula is C12H21N5S2. The third kappa shape index (κ3) is 4.28. The maximum atomic E-state index is 4.54. The van der Waals surface area contributed by atoms with Gasteiger partial charge in [-0.3, -0.25) is 0 Å². The van der Waals surface area contributed by atoms with E-state index in [2.05, 4.69) is 38.4 Å². The van der Waals surface area contributed by atoms with E-state index in [4.69, 9.17) is 0 Å². The molecule has 0 aliphatic carbocycles. The number of imidazole rings is 1. The minimum Gasteiger partial charge on any atom is -0.367 e. The molecule has 0 aliphatic heterocycles. The molecule has 5 nitrogen and oxygen atoms in total. The maximum Gasteiger partial charge on any atom is 0.191 e. The molecule has 0 spiro atoms. The van der Waals surface area contributed by atoms with Gasteiger partial charge in [0.1, 0.15) is 5.52 Å². The van der Waals surface area contributed by atoms with E-state index in [1.165, 1.54) is 0 Å². The molecule has 0 radical (unpaired) electrons. The number of aromatic nitrogens is 4. The van der Waals surface area contributed by atoms with Crippen LogP contribution in [0.2, 0.25) is 0 Å². The first-order valence-corrected chi connectivity index (χ1v) is 8.29. The van der Waals surface area contributed by atoms with Gasteiger partial charge in [0, 0.05) is 18.1 Å². The molecule has 19 heavy (non-hydrogen) atoms. The lowest BCUT2D eigenvalue weighted by Crippen LogP contribution is -2.07. The highest BCUT2D eigenvalue weighted by atomic mass is 32.2. The summed E-state index contributed by atoms with van der Waals surface area (Å²) in [5.41, 5.74) is 1.62. The van der Waals surface area contributed by atoms with Gasteiger partial charge in [-0.2, -0.15) is 11.8 Å². The standard InChI is InChI=1S/C11H17N5S2.CH4/c1-3-5-18-11-15-9(12-4-6-17-2)8-10(16-11)14-7-13-8;/h7H,3-6H2,1-2H3,(H2,12,13,14,15,16);1H4. The number of nitrogens with one attached hydrogen (secondary N) is 2. The number of aromatic amines is 1. The van der Waals surface area contributed by atoms with Crippen LogP contribution in [0, 0.1) is 0 Å². The third-order valence-corrected chi connectivity index (χ3v) is 3.96. The largest absolute Gasteiger partial charge is 0.367 e. The average molecular weight is 299 g/mol. The van der Waals surface area contributed by atoms with Crippen molar-refractivity contribution in [3.8, 4) is 0 Å². The zero-order valence-electron chi connectivity index (χ0n) is 10.6. The molecule has 0 atom stereocenters. The van der Waals surface area contributed by atoms with Gasteiger partial charge < -0.3 is 10.3 Å². The average Bonchev–Trinajstić information content (AvgIpc) is 2.85.